The Balaban J connectivity index is 3.01. The second-order valence-electron chi connectivity index (χ2n) is 2.87. The molecular formula is C11H12O3. The van der Waals surface area contributed by atoms with Crippen LogP contribution in [-0.2, 0) is 4.79 Å². The molecule has 3 heteroatoms. The molecule has 0 aliphatic heterocycles. The average molecular weight is 192 g/mol. The minimum atomic E-state index is -0.190. The van der Waals surface area contributed by atoms with Crippen LogP contribution in [0.5, 0.6) is 5.75 Å². The molecule has 0 radical (unpaired) electrons. The first kappa shape index (κ1) is 10.3. The maximum Gasteiger partial charge on any atom is 0.156 e. The molecule has 0 amide bonds. The van der Waals surface area contributed by atoms with Crippen molar-refractivity contribution in [3.63, 3.8) is 0 Å². The molecule has 3 nitrogen and oxygen atoms in total. The average Bonchev–Trinajstić information content (AvgIpc) is 2.17. The number of aliphatic hydroxyl groups is 1. The summed E-state index contributed by atoms with van der Waals surface area (Å²) >= 11 is 0. The normalized spacial score (nSPS) is 11.1. The molecule has 0 unspecified atom stereocenters. The summed E-state index contributed by atoms with van der Waals surface area (Å²) in [5, 5.41) is 9.50. The Morgan fingerprint density at radius 2 is 2.21 bits per heavy atom. The number of aliphatic hydroxyl groups excluding tert-OH is 1. The molecule has 1 aromatic rings. The third-order valence-corrected chi connectivity index (χ3v) is 1.71. The Kier molecular flexibility index (Phi) is 3.29. The van der Waals surface area contributed by atoms with Crippen molar-refractivity contribution in [1.82, 2.24) is 0 Å². The molecule has 0 saturated heterocycles. The number of carbonyl (C=O) groups is 1. The summed E-state index contributed by atoms with van der Waals surface area (Å²) < 4.78 is 4.99. The number of rotatable bonds is 3. The Hall–Kier alpha value is -1.77. The molecule has 1 rings (SSSR count). The number of ether oxygens (including phenoxy) is 1. The molecule has 14 heavy (non-hydrogen) atoms. The van der Waals surface area contributed by atoms with Crippen LogP contribution >= 0.6 is 0 Å². The SMILES string of the molecule is COc1cccc(C(O)=CC(C)=O)c1. The van der Waals surface area contributed by atoms with Gasteiger partial charge in [-0.1, -0.05) is 12.1 Å². The topological polar surface area (TPSA) is 46.5 Å². The summed E-state index contributed by atoms with van der Waals surface area (Å²) in [7, 11) is 1.55. The predicted molar refractivity (Wildman–Crippen MR) is 54.3 cm³/mol. The van der Waals surface area contributed by atoms with Crippen molar-refractivity contribution in [3.8, 4) is 5.75 Å². The highest BCUT2D eigenvalue weighted by atomic mass is 16.5. The van der Waals surface area contributed by atoms with Gasteiger partial charge in [-0.3, -0.25) is 4.79 Å². The van der Waals surface area contributed by atoms with Crippen LogP contribution in [0.1, 0.15) is 12.5 Å². The van der Waals surface area contributed by atoms with Crippen molar-refractivity contribution in [2.45, 2.75) is 6.92 Å². The van der Waals surface area contributed by atoms with Crippen molar-refractivity contribution >= 4 is 11.5 Å². The summed E-state index contributed by atoms with van der Waals surface area (Å²) in [6.07, 6.45) is 1.18. The van der Waals surface area contributed by atoms with E-state index in [0.29, 0.717) is 11.3 Å². The van der Waals surface area contributed by atoms with E-state index in [0.717, 1.165) is 0 Å². The number of hydrogen-bond acceptors (Lipinski definition) is 3. The monoisotopic (exact) mass is 192 g/mol. The fourth-order valence-electron chi connectivity index (χ4n) is 1.06. The van der Waals surface area contributed by atoms with Crippen molar-refractivity contribution in [2.75, 3.05) is 7.11 Å². The van der Waals surface area contributed by atoms with Crippen LogP contribution in [0, 0.1) is 0 Å². The molecule has 0 bridgehead atoms. The quantitative estimate of drug-likeness (QED) is 0.589. The summed E-state index contributed by atoms with van der Waals surface area (Å²) in [4.78, 5) is 10.7. The Morgan fingerprint density at radius 1 is 1.50 bits per heavy atom. The summed E-state index contributed by atoms with van der Waals surface area (Å²) in [6, 6.07) is 6.88. The predicted octanol–water partition coefficient (Wildman–Crippen LogP) is 2.18. The third kappa shape index (κ3) is 2.62. The number of methoxy groups -OCH3 is 1. The van der Waals surface area contributed by atoms with E-state index >= 15 is 0 Å². The number of carbonyl (C=O) groups excluding carboxylic acids is 1. The van der Waals surface area contributed by atoms with Gasteiger partial charge in [0.2, 0.25) is 0 Å². The van der Waals surface area contributed by atoms with Crippen LogP contribution in [-0.4, -0.2) is 18.0 Å². The Morgan fingerprint density at radius 3 is 2.79 bits per heavy atom. The van der Waals surface area contributed by atoms with Crippen LogP contribution in [0.25, 0.3) is 5.76 Å². The largest absolute Gasteiger partial charge is 0.507 e. The minimum absolute atomic E-state index is 0.0450. The molecule has 0 fully saturated rings. The van der Waals surface area contributed by atoms with Crippen LogP contribution in [0.2, 0.25) is 0 Å². The Labute approximate surface area is 82.6 Å². The second-order valence-corrected chi connectivity index (χ2v) is 2.87. The molecule has 1 N–H and O–H groups in total. The van der Waals surface area contributed by atoms with Gasteiger partial charge in [-0.05, 0) is 19.1 Å². The zero-order chi connectivity index (χ0) is 10.6. The number of allylic oxidation sites excluding steroid dienone is 1. The zero-order valence-electron chi connectivity index (χ0n) is 8.15. The number of benzene rings is 1. The number of hydrogen-bond donors (Lipinski definition) is 1. The lowest BCUT2D eigenvalue weighted by Crippen LogP contribution is -1.90. The van der Waals surface area contributed by atoms with E-state index in [-0.39, 0.29) is 11.5 Å². The van der Waals surface area contributed by atoms with Crippen LogP contribution in [0.15, 0.2) is 30.3 Å². The molecule has 0 aromatic heterocycles. The van der Waals surface area contributed by atoms with Gasteiger partial charge in [0.1, 0.15) is 11.5 Å². The molecule has 0 saturated carbocycles. The lowest BCUT2D eigenvalue weighted by molar-refractivity contribution is -0.112. The Bertz CT molecular complexity index is 367. The van der Waals surface area contributed by atoms with Gasteiger partial charge in [0.05, 0.1) is 7.11 Å². The molecule has 0 atom stereocenters. The van der Waals surface area contributed by atoms with Crippen molar-refractivity contribution in [2.24, 2.45) is 0 Å². The summed E-state index contributed by atoms with van der Waals surface area (Å²) in [5.74, 6) is 0.410. The molecule has 0 aliphatic carbocycles. The van der Waals surface area contributed by atoms with Crippen LogP contribution in [0.4, 0.5) is 0 Å². The first-order valence-corrected chi connectivity index (χ1v) is 4.19. The van der Waals surface area contributed by atoms with Gasteiger partial charge in [-0.25, -0.2) is 0 Å². The van der Waals surface area contributed by atoms with Crippen molar-refractivity contribution < 1.29 is 14.6 Å². The highest BCUT2D eigenvalue weighted by Gasteiger charge is 2.01. The lowest BCUT2D eigenvalue weighted by atomic mass is 10.1. The smallest absolute Gasteiger partial charge is 0.156 e. The molecule has 0 spiro atoms. The third-order valence-electron chi connectivity index (χ3n) is 1.71. The van der Waals surface area contributed by atoms with Crippen molar-refractivity contribution in [3.05, 3.63) is 35.9 Å². The second kappa shape index (κ2) is 4.46. The number of ketones is 1. The van der Waals surface area contributed by atoms with Gasteiger partial charge in [0.15, 0.2) is 5.78 Å². The maximum absolute atomic E-state index is 10.7. The van der Waals surface area contributed by atoms with E-state index in [1.807, 2.05) is 0 Å². The highest BCUT2D eigenvalue weighted by Crippen LogP contribution is 2.17. The van der Waals surface area contributed by atoms with Crippen LogP contribution in [0.3, 0.4) is 0 Å². The van der Waals surface area contributed by atoms with E-state index < -0.39 is 0 Å². The minimum Gasteiger partial charge on any atom is -0.507 e. The first-order chi connectivity index (χ1) is 6.63. The van der Waals surface area contributed by atoms with Gasteiger partial charge >= 0.3 is 0 Å². The fourth-order valence-corrected chi connectivity index (χ4v) is 1.06. The van der Waals surface area contributed by atoms with Gasteiger partial charge in [-0.15, -0.1) is 0 Å². The van der Waals surface area contributed by atoms with E-state index in [4.69, 9.17) is 4.74 Å². The summed E-state index contributed by atoms with van der Waals surface area (Å²) in [5.41, 5.74) is 0.569. The molecule has 1 aromatic carbocycles. The van der Waals surface area contributed by atoms with E-state index in [1.165, 1.54) is 13.0 Å². The van der Waals surface area contributed by atoms with Gasteiger partial charge in [0, 0.05) is 11.6 Å². The first-order valence-electron chi connectivity index (χ1n) is 4.19. The lowest BCUT2D eigenvalue weighted by Gasteiger charge is -2.02. The van der Waals surface area contributed by atoms with E-state index in [9.17, 15) is 9.90 Å². The molecule has 0 aliphatic rings. The maximum atomic E-state index is 10.7. The zero-order valence-corrected chi connectivity index (χ0v) is 8.15. The van der Waals surface area contributed by atoms with E-state index in [2.05, 4.69) is 0 Å². The van der Waals surface area contributed by atoms with Gasteiger partial charge in [-0.2, -0.15) is 0 Å². The van der Waals surface area contributed by atoms with Crippen molar-refractivity contribution in [1.29, 1.82) is 0 Å². The molecule has 0 heterocycles. The molecule has 74 valence electrons. The fraction of sp³-hybridized carbons (Fsp3) is 0.182. The highest BCUT2D eigenvalue weighted by molar-refractivity contribution is 5.93. The summed E-state index contributed by atoms with van der Waals surface area (Å²) in [6.45, 7) is 1.39. The van der Waals surface area contributed by atoms with Crippen LogP contribution < -0.4 is 4.74 Å². The standard InChI is InChI=1S/C11H12O3/c1-8(12)6-11(13)9-4-3-5-10(7-9)14-2/h3-7,13H,1-2H3. The molecular weight excluding hydrogens is 180 g/mol. The van der Waals surface area contributed by atoms with Gasteiger partial charge < -0.3 is 9.84 Å². The van der Waals surface area contributed by atoms with Gasteiger partial charge in [0.25, 0.3) is 0 Å². The van der Waals surface area contributed by atoms with E-state index in [1.54, 1.807) is 31.4 Å².